The predicted octanol–water partition coefficient (Wildman–Crippen LogP) is 2.91. The molecule has 0 bridgehead atoms. The van der Waals surface area contributed by atoms with Gasteiger partial charge in [-0.2, -0.15) is 0 Å². The lowest BCUT2D eigenvalue weighted by Crippen LogP contribution is -2.53. The van der Waals surface area contributed by atoms with Gasteiger partial charge in [-0.1, -0.05) is 19.3 Å². The van der Waals surface area contributed by atoms with Gasteiger partial charge in [-0.3, -0.25) is 4.79 Å². The van der Waals surface area contributed by atoms with Crippen molar-refractivity contribution in [1.29, 1.82) is 0 Å². The molecule has 0 unspecified atom stereocenters. The van der Waals surface area contributed by atoms with Gasteiger partial charge in [0.15, 0.2) is 5.82 Å². The van der Waals surface area contributed by atoms with E-state index in [1.54, 1.807) is 6.20 Å². The van der Waals surface area contributed by atoms with Crippen molar-refractivity contribution in [3.05, 3.63) is 16.7 Å². The molecule has 0 saturated heterocycles. The van der Waals surface area contributed by atoms with Gasteiger partial charge in [0.05, 0.1) is 5.69 Å². The quantitative estimate of drug-likeness (QED) is 0.774. The van der Waals surface area contributed by atoms with Crippen molar-refractivity contribution < 1.29 is 4.79 Å². The predicted molar refractivity (Wildman–Crippen MR) is 70.0 cm³/mol. The molecule has 0 aromatic carbocycles. The highest BCUT2D eigenvalue weighted by atomic mass is 79.9. The minimum atomic E-state index is -0.425. The van der Waals surface area contributed by atoms with E-state index in [-0.39, 0.29) is 5.91 Å². The molecule has 4 nitrogen and oxygen atoms in total. The lowest BCUT2D eigenvalue weighted by molar-refractivity contribution is -0.121. The summed E-state index contributed by atoms with van der Waals surface area (Å²) < 4.78 is 0.873. The zero-order valence-electron chi connectivity index (χ0n) is 9.42. The Kier molecular flexibility index (Phi) is 2.58. The molecular weight excluding hydrogens is 282 g/mol. The zero-order chi connectivity index (χ0) is 11.9. The number of halogens is 1. The van der Waals surface area contributed by atoms with Gasteiger partial charge in [0.25, 0.3) is 0 Å². The summed E-state index contributed by atoms with van der Waals surface area (Å²) in [6.45, 7) is 0. The van der Waals surface area contributed by atoms with E-state index in [0.717, 1.165) is 41.7 Å². The van der Waals surface area contributed by atoms with Gasteiger partial charge in [-0.25, -0.2) is 4.98 Å². The maximum atomic E-state index is 12.2. The normalized spacial score (nSPS) is 21.6. The second kappa shape index (κ2) is 3.98. The van der Waals surface area contributed by atoms with Gasteiger partial charge in [0.1, 0.15) is 5.54 Å². The molecule has 2 N–H and O–H groups in total. The molecule has 3 rings (SSSR count). The monoisotopic (exact) mass is 295 g/mol. The number of carbonyl (C=O) groups is 1. The molecular formula is C12H14BrN3O. The van der Waals surface area contributed by atoms with E-state index in [4.69, 9.17) is 0 Å². The molecule has 1 spiro atoms. The first kappa shape index (κ1) is 11.0. The first-order valence-electron chi connectivity index (χ1n) is 5.95. The summed E-state index contributed by atoms with van der Waals surface area (Å²) in [6, 6.07) is 1.88. The Bertz CT molecular complexity index is 469. The van der Waals surface area contributed by atoms with Gasteiger partial charge in [0, 0.05) is 10.7 Å². The molecule has 0 radical (unpaired) electrons. The average molecular weight is 296 g/mol. The van der Waals surface area contributed by atoms with Crippen LogP contribution < -0.4 is 10.6 Å². The number of aromatic nitrogens is 1. The third-order valence-electron chi connectivity index (χ3n) is 3.60. The Morgan fingerprint density at radius 2 is 2.06 bits per heavy atom. The highest BCUT2D eigenvalue weighted by molar-refractivity contribution is 9.10. The molecule has 5 heteroatoms. The fourth-order valence-corrected chi connectivity index (χ4v) is 3.00. The topological polar surface area (TPSA) is 54.0 Å². The number of rotatable bonds is 0. The van der Waals surface area contributed by atoms with E-state index in [2.05, 4.69) is 31.5 Å². The van der Waals surface area contributed by atoms with Gasteiger partial charge in [0.2, 0.25) is 5.91 Å². The molecule has 0 atom stereocenters. The number of nitrogens with one attached hydrogen (secondary N) is 2. The van der Waals surface area contributed by atoms with E-state index in [1.165, 1.54) is 6.42 Å². The largest absolute Gasteiger partial charge is 0.354 e. The van der Waals surface area contributed by atoms with Gasteiger partial charge in [-0.15, -0.1) is 0 Å². The summed E-state index contributed by atoms with van der Waals surface area (Å²) in [7, 11) is 0. The van der Waals surface area contributed by atoms with Crippen molar-refractivity contribution in [3.63, 3.8) is 0 Å². The molecule has 90 valence electrons. The van der Waals surface area contributed by atoms with Gasteiger partial charge >= 0.3 is 0 Å². The summed E-state index contributed by atoms with van der Waals surface area (Å²) in [4.78, 5) is 16.6. The van der Waals surface area contributed by atoms with Crippen molar-refractivity contribution in [3.8, 4) is 0 Å². The van der Waals surface area contributed by atoms with Crippen molar-refractivity contribution in [2.45, 2.75) is 37.6 Å². The number of carbonyl (C=O) groups excluding carboxylic acids is 1. The molecule has 2 heterocycles. The van der Waals surface area contributed by atoms with Crippen LogP contribution in [0.4, 0.5) is 11.5 Å². The number of nitrogens with zero attached hydrogens (tertiary/aromatic N) is 1. The molecule has 1 aromatic heterocycles. The van der Waals surface area contributed by atoms with Crippen molar-refractivity contribution >= 4 is 33.3 Å². The Hall–Kier alpha value is -1.10. The summed E-state index contributed by atoms with van der Waals surface area (Å²) in [5, 5.41) is 6.31. The van der Waals surface area contributed by atoms with Crippen LogP contribution >= 0.6 is 15.9 Å². The number of amides is 1. The van der Waals surface area contributed by atoms with Crippen LogP contribution in [0.5, 0.6) is 0 Å². The van der Waals surface area contributed by atoms with Crippen LogP contribution in [0.2, 0.25) is 0 Å². The SMILES string of the molecule is O=C1Nc2cc(Br)cnc2NC12CCCCC2. The lowest BCUT2D eigenvalue weighted by atomic mass is 9.80. The molecule has 1 aromatic rings. The lowest BCUT2D eigenvalue weighted by Gasteiger charge is -2.40. The standard InChI is InChI=1S/C12H14BrN3O/c13-8-6-9-10(14-7-8)16-12(11(17)15-9)4-2-1-3-5-12/h6-7H,1-5H2,(H,14,16)(H,15,17). The Morgan fingerprint density at radius 1 is 1.29 bits per heavy atom. The second-order valence-corrected chi connectivity index (χ2v) is 5.69. The van der Waals surface area contributed by atoms with Gasteiger partial charge < -0.3 is 10.6 Å². The highest BCUT2D eigenvalue weighted by Crippen LogP contribution is 2.38. The Balaban J connectivity index is 1.97. The van der Waals surface area contributed by atoms with Crippen LogP contribution in [0.1, 0.15) is 32.1 Å². The first-order chi connectivity index (χ1) is 8.20. The molecule has 1 saturated carbocycles. The fourth-order valence-electron chi connectivity index (χ4n) is 2.67. The Morgan fingerprint density at radius 3 is 2.82 bits per heavy atom. The smallest absolute Gasteiger partial charge is 0.250 e. The minimum absolute atomic E-state index is 0.0876. The van der Waals surface area contributed by atoms with Crippen molar-refractivity contribution in [2.75, 3.05) is 10.6 Å². The molecule has 1 aliphatic heterocycles. The van der Waals surface area contributed by atoms with Crippen molar-refractivity contribution in [1.82, 2.24) is 4.98 Å². The van der Waals surface area contributed by atoms with Crippen LogP contribution in [-0.4, -0.2) is 16.4 Å². The molecule has 1 amide bonds. The van der Waals surface area contributed by atoms with Crippen molar-refractivity contribution in [2.24, 2.45) is 0 Å². The third kappa shape index (κ3) is 1.82. The summed E-state index contributed by atoms with van der Waals surface area (Å²) in [5.74, 6) is 0.874. The van der Waals surface area contributed by atoms with Gasteiger partial charge in [-0.05, 0) is 34.8 Å². The van der Waals surface area contributed by atoms with E-state index in [9.17, 15) is 4.79 Å². The maximum Gasteiger partial charge on any atom is 0.250 e. The highest BCUT2D eigenvalue weighted by Gasteiger charge is 2.43. The number of anilines is 2. The van der Waals surface area contributed by atoms with E-state index < -0.39 is 5.54 Å². The Labute approximate surface area is 108 Å². The maximum absolute atomic E-state index is 12.2. The number of hydrogen-bond donors (Lipinski definition) is 2. The molecule has 1 aliphatic carbocycles. The average Bonchev–Trinajstić information content (AvgIpc) is 2.33. The van der Waals surface area contributed by atoms with E-state index in [0.29, 0.717) is 0 Å². The van der Waals surface area contributed by atoms with E-state index >= 15 is 0 Å². The minimum Gasteiger partial charge on any atom is -0.354 e. The summed E-state index contributed by atoms with van der Waals surface area (Å²) >= 11 is 3.36. The number of pyridine rings is 1. The van der Waals surface area contributed by atoms with Crippen LogP contribution in [0, 0.1) is 0 Å². The summed E-state index contributed by atoms with van der Waals surface area (Å²) in [6.07, 6.45) is 6.97. The fraction of sp³-hybridized carbons (Fsp3) is 0.500. The third-order valence-corrected chi connectivity index (χ3v) is 4.04. The molecule has 17 heavy (non-hydrogen) atoms. The first-order valence-corrected chi connectivity index (χ1v) is 6.74. The zero-order valence-corrected chi connectivity index (χ0v) is 11.0. The number of hydrogen-bond acceptors (Lipinski definition) is 3. The van der Waals surface area contributed by atoms with Crippen LogP contribution in [-0.2, 0) is 4.79 Å². The van der Waals surface area contributed by atoms with Crippen LogP contribution in [0.15, 0.2) is 16.7 Å². The van der Waals surface area contributed by atoms with Crippen LogP contribution in [0.25, 0.3) is 0 Å². The molecule has 2 aliphatic rings. The number of fused-ring (bicyclic) bond motifs is 1. The summed E-state index contributed by atoms with van der Waals surface area (Å²) in [5.41, 5.74) is 0.340. The van der Waals surface area contributed by atoms with Crippen LogP contribution in [0.3, 0.4) is 0 Å². The van der Waals surface area contributed by atoms with E-state index in [1.807, 2.05) is 6.07 Å². The second-order valence-electron chi connectivity index (χ2n) is 4.77. The molecule has 1 fully saturated rings.